The van der Waals surface area contributed by atoms with Gasteiger partial charge in [0.1, 0.15) is 49.1 Å². The predicted molar refractivity (Wildman–Crippen MR) is 261 cm³/mol. The SMILES string of the molecule is CC(=O)OC[C@H]1OC(c2ccc(-c3ccc([C@@H]4[C@@H](/C=C/C(=O)c5ccc(F)cc5)OC(=O)N4c4ccc(-c5ccccc5)cc4)c(OCc4ccccc4)c3)cc2)[C@H](OC(C)=O)[C@@H](OC(C)=O)[C@@H]1OC(C)=O. The molecule has 2 heterocycles. The van der Waals surface area contributed by atoms with Gasteiger partial charge in [-0.1, -0.05) is 109 Å². The molecule has 8 rings (SSSR count). The highest BCUT2D eigenvalue weighted by atomic mass is 19.1. The standard InChI is InChI=1S/C57H50FNO13/c1-34(60)66-33-51-54(68-35(2)61)56(70-37(4)63)55(69-36(3)62)53(71-51)43-17-15-41(16-18-43)44-23-28-47(50(31-44)67-32-38-11-7-5-8-12-38)52-49(30-29-48(64)42-19-24-45(58)25-20-42)72-57(65)59(52)46-26-21-40(22-27-46)39-13-9-6-10-14-39/h5-31,49,51-56H,32-33H2,1-4H3/b30-29+/t49-,51-,52-,53?,54-,55+,56+/m1/s1. The van der Waals surface area contributed by atoms with E-state index in [-0.39, 0.29) is 18.8 Å². The number of allylic oxidation sites excluding steroid dienone is 1. The largest absolute Gasteiger partial charge is 0.489 e. The molecular weight excluding hydrogens is 926 g/mol. The van der Waals surface area contributed by atoms with Crippen molar-refractivity contribution in [2.45, 2.75) is 77.0 Å². The second-order valence-corrected chi connectivity index (χ2v) is 17.1. The van der Waals surface area contributed by atoms with Gasteiger partial charge < -0.3 is 33.2 Å². The van der Waals surface area contributed by atoms with Crippen molar-refractivity contribution in [2.24, 2.45) is 0 Å². The van der Waals surface area contributed by atoms with Gasteiger partial charge in [-0.2, -0.15) is 0 Å². The van der Waals surface area contributed by atoms with Crippen LogP contribution in [0.2, 0.25) is 0 Å². The highest BCUT2D eigenvalue weighted by Crippen LogP contribution is 2.44. The van der Waals surface area contributed by atoms with E-state index in [9.17, 15) is 33.2 Å². The van der Waals surface area contributed by atoms with Crippen LogP contribution >= 0.6 is 0 Å². The maximum Gasteiger partial charge on any atom is 0.415 e. The van der Waals surface area contributed by atoms with Crippen molar-refractivity contribution in [3.8, 4) is 28.0 Å². The van der Waals surface area contributed by atoms with Crippen LogP contribution in [0.4, 0.5) is 14.9 Å². The molecule has 0 spiro atoms. The third-order valence-electron chi connectivity index (χ3n) is 12.0. The molecule has 0 radical (unpaired) electrons. The number of amides is 1. The zero-order valence-corrected chi connectivity index (χ0v) is 39.7. The van der Waals surface area contributed by atoms with Crippen molar-refractivity contribution in [2.75, 3.05) is 11.5 Å². The number of ketones is 1. The lowest BCUT2D eigenvalue weighted by Gasteiger charge is -2.44. The number of rotatable bonds is 16. The molecule has 15 heteroatoms. The van der Waals surface area contributed by atoms with Crippen LogP contribution in [0.1, 0.15) is 66.9 Å². The first kappa shape index (κ1) is 50.0. The fraction of sp³-hybridized carbons (Fsp3) is 0.228. The van der Waals surface area contributed by atoms with Crippen LogP contribution in [0.15, 0.2) is 164 Å². The smallest absolute Gasteiger partial charge is 0.415 e. The Balaban J connectivity index is 1.18. The Morgan fingerprint density at radius 3 is 1.83 bits per heavy atom. The summed E-state index contributed by atoms with van der Waals surface area (Å²) >= 11 is 0. The van der Waals surface area contributed by atoms with E-state index in [1.54, 1.807) is 24.3 Å². The highest BCUT2D eigenvalue weighted by molar-refractivity contribution is 6.04. The fourth-order valence-electron chi connectivity index (χ4n) is 8.74. The van der Waals surface area contributed by atoms with Crippen molar-refractivity contribution in [3.05, 3.63) is 192 Å². The molecule has 2 fully saturated rings. The van der Waals surface area contributed by atoms with Gasteiger partial charge in [0.25, 0.3) is 0 Å². The molecular formula is C57H50FNO13. The first-order valence-corrected chi connectivity index (χ1v) is 23.1. The molecule has 7 atom stereocenters. The molecule has 0 aromatic heterocycles. The average Bonchev–Trinajstić information content (AvgIpc) is 3.70. The number of nitrogens with zero attached hydrogens (tertiary/aromatic N) is 1. The number of hydrogen-bond acceptors (Lipinski definition) is 13. The molecule has 0 bridgehead atoms. The summed E-state index contributed by atoms with van der Waals surface area (Å²) in [5, 5.41) is 0. The van der Waals surface area contributed by atoms with E-state index >= 15 is 0 Å². The van der Waals surface area contributed by atoms with Crippen LogP contribution in [0.5, 0.6) is 5.75 Å². The van der Waals surface area contributed by atoms with E-state index < -0.39 is 84.2 Å². The lowest BCUT2D eigenvalue weighted by atomic mass is 9.89. The minimum Gasteiger partial charge on any atom is -0.489 e. The van der Waals surface area contributed by atoms with Gasteiger partial charge in [-0.25, -0.2) is 9.18 Å². The van der Waals surface area contributed by atoms with Crippen molar-refractivity contribution in [1.82, 2.24) is 0 Å². The summed E-state index contributed by atoms with van der Waals surface area (Å²) in [6, 6.07) is 43.7. The highest BCUT2D eigenvalue weighted by Gasteiger charge is 2.52. The zero-order chi connectivity index (χ0) is 50.9. The average molecular weight is 976 g/mol. The van der Waals surface area contributed by atoms with Crippen molar-refractivity contribution in [1.29, 1.82) is 0 Å². The van der Waals surface area contributed by atoms with Crippen LogP contribution in [0, 0.1) is 5.82 Å². The van der Waals surface area contributed by atoms with Crippen LogP contribution in [-0.4, -0.2) is 72.9 Å². The van der Waals surface area contributed by atoms with Gasteiger partial charge >= 0.3 is 30.0 Å². The van der Waals surface area contributed by atoms with E-state index in [2.05, 4.69) is 0 Å². The number of carbonyl (C=O) groups is 6. The molecule has 2 aliphatic heterocycles. The lowest BCUT2D eigenvalue weighted by Crippen LogP contribution is -2.59. The van der Waals surface area contributed by atoms with E-state index in [0.29, 0.717) is 33.7 Å². The Hall–Kier alpha value is -8.43. The Labute approximate surface area is 414 Å². The van der Waals surface area contributed by atoms with Crippen LogP contribution in [0.3, 0.4) is 0 Å². The first-order chi connectivity index (χ1) is 34.7. The number of ether oxygens (including phenoxy) is 7. The summed E-state index contributed by atoms with van der Waals surface area (Å²) in [5.74, 6) is -3.34. The van der Waals surface area contributed by atoms with Gasteiger partial charge in [0.2, 0.25) is 0 Å². The number of halogens is 1. The third kappa shape index (κ3) is 11.9. The van der Waals surface area contributed by atoms with Gasteiger partial charge in [0.05, 0.1) is 0 Å². The van der Waals surface area contributed by atoms with Gasteiger partial charge in [0.15, 0.2) is 24.1 Å². The van der Waals surface area contributed by atoms with Gasteiger partial charge in [-0.15, -0.1) is 0 Å². The fourth-order valence-corrected chi connectivity index (χ4v) is 8.74. The molecule has 0 saturated carbocycles. The van der Waals surface area contributed by atoms with Gasteiger partial charge in [0, 0.05) is 44.5 Å². The molecule has 72 heavy (non-hydrogen) atoms. The summed E-state index contributed by atoms with van der Waals surface area (Å²) in [4.78, 5) is 78.3. The minimum absolute atomic E-state index is 0.149. The van der Waals surface area contributed by atoms with Crippen LogP contribution < -0.4 is 9.64 Å². The summed E-state index contributed by atoms with van der Waals surface area (Å²) in [6.07, 6.45) is -5.02. The Bertz CT molecular complexity index is 2950. The molecule has 2 aliphatic rings. The van der Waals surface area contributed by atoms with Gasteiger partial charge in [-0.05, 0) is 88.0 Å². The maximum absolute atomic E-state index is 14.1. The van der Waals surface area contributed by atoms with Crippen molar-refractivity contribution in [3.63, 3.8) is 0 Å². The predicted octanol–water partition coefficient (Wildman–Crippen LogP) is 10.0. The van der Waals surface area contributed by atoms with E-state index in [1.165, 1.54) is 55.2 Å². The third-order valence-corrected chi connectivity index (χ3v) is 12.0. The normalized spacial score (nSPS) is 20.5. The Morgan fingerprint density at radius 2 is 1.19 bits per heavy atom. The number of esters is 4. The summed E-state index contributed by atoms with van der Waals surface area (Å²) in [5.41, 5.74) is 6.01. The molecule has 6 aromatic carbocycles. The monoisotopic (exact) mass is 975 g/mol. The zero-order valence-electron chi connectivity index (χ0n) is 39.7. The van der Waals surface area contributed by atoms with Crippen LogP contribution in [0.25, 0.3) is 22.3 Å². The van der Waals surface area contributed by atoms with Crippen molar-refractivity contribution >= 4 is 41.4 Å². The number of carbonyl (C=O) groups excluding carboxylic acids is 6. The summed E-state index contributed by atoms with van der Waals surface area (Å²) < 4.78 is 55.1. The van der Waals surface area contributed by atoms with E-state index in [1.807, 2.05) is 103 Å². The molecule has 1 unspecified atom stereocenters. The minimum atomic E-state index is -1.35. The molecule has 0 aliphatic carbocycles. The topological polar surface area (TPSA) is 170 Å². The van der Waals surface area contributed by atoms with E-state index in [4.69, 9.17) is 33.2 Å². The molecule has 1 amide bonds. The number of anilines is 1. The molecule has 368 valence electrons. The maximum atomic E-state index is 14.1. The number of hydrogen-bond donors (Lipinski definition) is 0. The summed E-state index contributed by atoms with van der Waals surface area (Å²) in [6.45, 7) is 4.47. The summed E-state index contributed by atoms with van der Waals surface area (Å²) in [7, 11) is 0. The second-order valence-electron chi connectivity index (χ2n) is 17.1. The molecule has 0 N–H and O–H groups in total. The van der Waals surface area contributed by atoms with E-state index in [0.717, 1.165) is 30.5 Å². The lowest BCUT2D eigenvalue weighted by molar-refractivity contribution is -0.254. The molecule has 2 saturated heterocycles. The first-order valence-electron chi connectivity index (χ1n) is 23.1. The Morgan fingerprint density at radius 1 is 0.625 bits per heavy atom. The second kappa shape index (κ2) is 22.5. The quantitative estimate of drug-likeness (QED) is 0.0389. The van der Waals surface area contributed by atoms with Crippen molar-refractivity contribution < 1.29 is 66.3 Å². The number of cyclic esters (lactones) is 1. The Kier molecular flexibility index (Phi) is 15.6. The number of benzene rings is 6. The van der Waals surface area contributed by atoms with Gasteiger partial charge in [-0.3, -0.25) is 28.9 Å². The molecule has 14 nitrogen and oxygen atoms in total. The van der Waals surface area contributed by atoms with Crippen LogP contribution in [-0.2, 0) is 54.2 Å². The molecule has 6 aromatic rings.